The summed E-state index contributed by atoms with van der Waals surface area (Å²) in [5.74, 6) is 0.0254. The first kappa shape index (κ1) is 13.6. The highest BCUT2D eigenvalue weighted by atomic mass is 35.5. The molecule has 98 valence electrons. The molecule has 0 aliphatic carbocycles. The molecule has 0 saturated heterocycles. The Kier molecular flexibility index (Phi) is 3.91. The van der Waals surface area contributed by atoms with E-state index in [4.69, 9.17) is 17.3 Å². The number of rotatable bonds is 3. The molecular weight excluding hydrogens is 258 g/mol. The van der Waals surface area contributed by atoms with Crippen molar-refractivity contribution in [2.75, 3.05) is 5.73 Å². The van der Waals surface area contributed by atoms with Gasteiger partial charge in [-0.2, -0.15) is 0 Å². The van der Waals surface area contributed by atoms with E-state index in [1.54, 1.807) is 12.1 Å². The molecule has 2 N–H and O–H groups in total. The highest BCUT2D eigenvalue weighted by Gasteiger charge is 2.10. The van der Waals surface area contributed by atoms with Crippen molar-refractivity contribution in [3.8, 4) is 0 Å². The average molecular weight is 274 g/mol. The van der Waals surface area contributed by atoms with Crippen molar-refractivity contribution in [2.45, 2.75) is 20.3 Å². The number of hydrogen-bond acceptors (Lipinski definition) is 2. The first-order valence-corrected chi connectivity index (χ1v) is 6.49. The first-order valence-electron chi connectivity index (χ1n) is 6.11. The van der Waals surface area contributed by atoms with Crippen molar-refractivity contribution < 1.29 is 4.79 Å². The quantitative estimate of drug-likeness (QED) is 0.679. The number of carbonyl (C=O) groups is 1. The summed E-state index contributed by atoms with van der Waals surface area (Å²) in [6.45, 7) is 3.89. The molecule has 0 aliphatic heterocycles. The summed E-state index contributed by atoms with van der Waals surface area (Å²) in [5, 5.41) is 0.633. The number of carbonyl (C=O) groups excluding carboxylic acids is 1. The van der Waals surface area contributed by atoms with Gasteiger partial charge >= 0.3 is 0 Å². The highest BCUT2D eigenvalue weighted by molar-refractivity contribution is 6.31. The number of ketones is 1. The lowest BCUT2D eigenvalue weighted by Gasteiger charge is -2.07. The maximum Gasteiger partial charge on any atom is 0.167 e. The van der Waals surface area contributed by atoms with Gasteiger partial charge in [0, 0.05) is 22.7 Å². The number of nitrogens with two attached hydrogens (primary N) is 1. The molecular formula is C16H16ClNO. The zero-order valence-corrected chi connectivity index (χ0v) is 11.8. The van der Waals surface area contributed by atoms with Gasteiger partial charge in [-0.3, -0.25) is 4.79 Å². The van der Waals surface area contributed by atoms with Gasteiger partial charge in [0.05, 0.1) is 0 Å². The van der Waals surface area contributed by atoms with Crippen LogP contribution in [0.2, 0.25) is 5.02 Å². The second-order valence-electron chi connectivity index (χ2n) is 4.77. The summed E-state index contributed by atoms with van der Waals surface area (Å²) in [6, 6.07) is 11.1. The third-order valence-corrected chi connectivity index (χ3v) is 3.51. The second-order valence-corrected chi connectivity index (χ2v) is 5.17. The van der Waals surface area contributed by atoms with Gasteiger partial charge in [-0.1, -0.05) is 35.9 Å². The standard InChI is InChI=1S/C16H16ClNO/c1-10-3-5-12(14(17)7-10)9-16(19)13-6-4-11(2)15(18)8-13/h3-8H,9,18H2,1-2H3. The van der Waals surface area contributed by atoms with Gasteiger partial charge in [0.1, 0.15) is 0 Å². The topological polar surface area (TPSA) is 43.1 Å². The minimum atomic E-state index is 0.0254. The van der Waals surface area contributed by atoms with E-state index in [1.165, 1.54) is 0 Å². The number of hydrogen-bond donors (Lipinski definition) is 1. The monoisotopic (exact) mass is 273 g/mol. The Morgan fingerprint density at radius 1 is 1.16 bits per heavy atom. The zero-order chi connectivity index (χ0) is 14.0. The van der Waals surface area contributed by atoms with E-state index >= 15 is 0 Å². The van der Waals surface area contributed by atoms with E-state index < -0.39 is 0 Å². The number of Topliss-reactive ketones (excluding diaryl/α,β-unsaturated/α-hetero) is 1. The summed E-state index contributed by atoms with van der Waals surface area (Å²) in [6.07, 6.45) is 0.293. The van der Waals surface area contributed by atoms with Crippen molar-refractivity contribution >= 4 is 23.1 Å². The Bertz CT molecular complexity index is 635. The molecule has 0 bridgehead atoms. The van der Waals surface area contributed by atoms with Crippen LogP contribution >= 0.6 is 11.6 Å². The van der Waals surface area contributed by atoms with Crippen LogP contribution in [0.1, 0.15) is 27.0 Å². The predicted octanol–water partition coefficient (Wildman–Crippen LogP) is 3.96. The van der Waals surface area contributed by atoms with E-state index in [9.17, 15) is 4.79 Å². The number of halogens is 1. The molecule has 0 aromatic heterocycles. The maximum absolute atomic E-state index is 12.2. The van der Waals surface area contributed by atoms with E-state index in [2.05, 4.69) is 0 Å². The normalized spacial score (nSPS) is 10.5. The lowest BCUT2D eigenvalue weighted by Crippen LogP contribution is -2.05. The molecule has 0 saturated carbocycles. The minimum Gasteiger partial charge on any atom is -0.398 e. The largest absolute Gasteiger partial charge is 0.398 e. The van der Waals surface area contributed by atoms with Crippen LogP contribution < -0.4 is 5.73 Å². The lowest BCUT2D eigenvalue weighted by atomic mass is 10.0. The fourth-order valence-electron chi connectivity index (χ4n) is 1.88. The summed E-state index contributed by atoms with van der Waals surface area (Å²) < 4.78 is 0. The molecule has 0 atom stereocenters. The Labute approximate surface area is 118 Å². The summed E-state index contributed by atoms with van der Waals surface area (Å²) in [5.41, 5.74) is 9.99. The smallest absolute Gasteiger partial charge is 0.167 e. The van der Waals surface area contributed by atoms with Crippen LogP contribution in [0.25, 0.3) is 0 Å². The van der Waals surface area contributed by atoms with Gasteiger partial charge in [0.15, 0.2) is 5.78 Å². The van der Waals surface area contributed by atoms with Crippen molar-refractivity contribution in [1.82, 2.24) is 0 Å². The van der Waals surface area contributed by atoms with E-state index in [0.717, 1.165) is 16.7 Å². The fourth-order valence-corrected chi connectivity index (χ4v) is 2.19. The molecule has 0 unspecified atom stereocenters. The van der Waals surface area contributed by atoms with Crippen molar-refractivity contribution in [3.63, 3.8) is 0 Å². The zero-order valence-electron chi connectivity index (χ0n) is 11.0. The van der Waals surface area contributed by atoms with Crippen LogP contribution in [0.5, 0.6) is 0 Å². The average Bonchev–Trinajstić information content (AvgIpc) is 2.36. The molecule has 0 heterocycles. The maximum atomic E-state index is 12.2. The summed E-state index contributed by atoms with van der Waals surface area (Å²) >= 11 is 6.14. The highest BCUT2D eigenvalue weighted by Crippen LogP contribution is 2.20. The molecule has 0 fully saturated rings. The fraction of sp³-hybridized carbons (Fsp3) is 0.188. The molecule has 0 aliphatic rings. The van der Waals surface area contributed by atoms with Crippen LogP contribution in [0.15, 0.2) is 36.4 Å². The molecule has 2 nitrogen and oxygen atoms in total. The number of benzene rings is 2. The number of aryl methyl sites for hydroxylation is 2. The van der Waals surface area contributed by atoms with Crippen molar-refractivity contribution in [2.24, 2.45) is 0 Å². The van der Waals surface area contributed by atoms with Gasteiger partial charge in [-0.15, -0.1) is 0 Å². The van der Waals surface area contributed by atoms with Gasteiger partial charge in [0.2, 0.25) is 0 Å². The van der Waals surface area contributed by atoms with Crippen molar-refractivity contribution in [3.05, 3.63) is 63.7 Å². The number of anilines is 1. The molecule has 2 rings (SSSR count). The molecule has 2 aromatic rings. The molecule has 2 aromatic carbocycles. The minimum absolute atomic E-state index is 0.0254. The molecule has 0 radical (unpaired) electrons. The van der Waals surface area contributed by atoms with Crippen LogP contribution in [0.3, 0.4) is 0 Å². The van der Waals surface area contributed by atoms with Gasteiger partial charge in [-0.05, 0) is 42.7 Å². The van der Waals surface area contributed by atoms with E-state index in [-0.39, 0.29) is 5.78 Å². The summed E-state index contributed by atoms with van der Waals surface area (Å²) in [7, 11) is 0. The third kappa shape index (κ3) is 3.15. The summed E-state index contributed by atoms with van der Waals surface area (Å²) in [4.78, 5) is 12.2. The molecule has 0 amide bonds. The van der Waals surface area contributed by atoms with Crippen molar-refractivity contribution in [1.29, 1.82) is 0 Å². The SMILES string of the molecule is Cc1ccc(CC(=O)c2ccc(C)c(N)c2)c(Cl)c1. The van der Waals surface area contributed by atoms with Crippen LogP contribution in [0, 0.1) is 13.8 Å². The Morgan fingerprint density at radius 2 is 1.89 bits per heavy atom. The second kappa shape index (κ2) is 5.45. The number of nitrogen functional groups attached to an aromatic ring is 1. The molecule has 3 heteroatoms. The van der Waals surface area contributed by atoms with Crippen LogP contribution in [-0.2, 0) is 6.42 Å². The third-order valence-electron chi connectivity index (χ3n) is 3.16. The van der Waals surface area contributed by atoms with E-state index in [1.807, 2.05) is 38.1 Å². The Balaban J connectivity index is 2.23. The van der Waals surface area contributed by atoms with Gasteiger partial charge in [0.25, 0.3) is 0 Å². The molecule has 0 spiro atoms. The van der Waals surface area contributed by atoms with Gasteiger partial charge in [-0.25, -0.2) is 0 Å². The Hall–Kier alpha value is -1.80. The Morgan fingerprint density at radius 3 is 2.53 bits per heavy atom. The van der Waals surface area contributed by atoms with Crippen LogP contribution in [-0.4, -0.2) is 5.78 Å². The van der Waals surface area contributed by atoms with Crippen LogP contribution in [0.4, 0.5) is 5.69 Å². The van der Waals surface area contributed by atoms with Gasteiger partial charge < -0.3 is 5.73 Å². The molecule has 19 heavy (non-hydrogen) atoms. The lowest BCUT2D eigenvalue weighted by molar-refractivity contribution is 0.0993. The predicted molar refractivity (Wildman–Crippen MR) is 79.8 cm³/mol. The van der Waals surface area contributed by atoms with E-state index in [0.29, 0.717) is 22.7 Å². The first-order chi connectivity index (χ1) is 8.97.